The minimum Gasteiger partial charge on any atom is -0.396 e. The Kier molecular flexibility index (Phi) is 2.81. The van der Waals surface area contributed by atoms with Gasteiger partial charge in [-0.15, -0.1) is 0 Å². The highest BCUT2D eigenvalue weighted by atomic mass is 19.1. The molecule has 1 aromatic rings. The van der Waals surface area contributed by atoms with E-state index in [2.05, 4.69) is 5.32 Å². The monoisotopic (exact) mass is 222 g/mol. The Bertz CT molecular complexity index is 415. The van der Waals surface area contributed by atoms with Crippen LogP contribution in [-0.4, -0.2) is 5.91 Å². The van der Waals surface area contributed by atoms with Gasteiger partial charge in [-0.2, -0.15) is 0 Å². The first-order valence-electron chi connectivity index (χ1n) is 5.44. The molecule has 1 fully saturated rings. The van der Waals surface area contributed by atoms with Gasteiger partial charge >= 0.3 is 0 Å². The molecule has 0 aliphatic heterocycles. The number of anilines is 2. The van der Waals surface area contributed by atoms with Crippen molar-refractivity contribution in [3.63, 3.8) is 0 Å². The highest BCUT2D eigenvalue weighted by Crippen LogP contribution is 2.37. The van der Waals surface area contributed by atoms with E-state index in [-0.39, 0.29) is 17.5 Å². The highest BCUT2D eigenvalue weighted by molar-refractivity contribution is 5.93. The van der Waals surface area contributed by atoms with Crippen molar-refractivity contribution < 1.29 is 9.18 Å². The third-order valence-electron chi connectivity index (χ3n) is 3.01. The standard InChI is InChI=1S/C12H15FN2O/c1-7(8-2-3-8)12(16)15-9-4-5-10(13)11(14)6-9/h4-8H,2-3,14H2,1H3,(H,15,16). The molecule has 3 N–H and O–H groups in total. The van der Waals surface area contributed by atoms with Crippen LogP contribution in [-0.2, 0) is 4.79 Å². The molecule has 16 heavy (non-hydrogen) atoms. The van der Waals surface area contributed by atoms with Gasteiger partial charge in [-0.1, -0.05) is 6.92 Å². The Morgan fingerprint density at radius 3 is 2.81 bits per heavy atom. The first kappa shape index (κ1) is 10.9. The van der Waals surface area contributed by atoms with Crippen LogP contribution in [0.25, 0.3) is 0 Å². The molecule has 0 aromatic heterocycles. The van der Waals surface area contributed by atoms with Crippen LogP contribution in [0, 0.1) is 17.7 Å². The third kappa shape index (κ3) is 2.32. The molecule has 1 unspecified atom stereocenters. The van der Waals surface area contributed by atoms with Gasteiger partial charge in [0.15, 0.2) is 0 Å². The van der Waals surface area contributed by atoms with Crippen LogP contribution in [0.15, 0.2) is 18.2 Å². The molecule has 0 radical (unpaired) electrons. The van der Waals surface area contributed by atoms with E-state index < -0.39 is 5.82 Å². The number of rotatable bonds is 3. The Morgan fingerprint density at radius 2 is 2.25 bits per heavy atom. The van der Waals surface area contributed by atoms with Crippen molar-refractivity contribution in [2.24, 2.45) is 11.8 Å². The summed E-state index contributed by atoms with van der Waals surface area (Å²) in [5, 5.41) is 2.75. The zero-order valence-corrected chi connectivity index (χ0v) is 9.16. The van der Waals surface area contributed by atoms with E-state index in [9.17, 15) is 9.18 Å². The van der Waals surface area contributed by atoms with Crippen molar-refractivity contribution in [3.05, 3.63) is 24.0 Å². The molecule has 1 aliphatic carbocycles. The number of benzene rings is 1. The van der Waals surface area contributed by atoms with Gasteiger partial charge in [-0.3, -0.25) is 4.79 Å². The number of nitrogens with one attached hydrogen (secondary N) is 1. The van der Waals surface area contributed by atoms with E-state index in [0.717, 1.165) is 12.8 Å². The second-order valence-corrected chi connectivity index (χ2v) is 4.35. The molecule has 1 saturated carbocycles. The molecule has 1 amide bonds. The maximum Gasteiger partial charge on any atom is 0.227 e. The van der Waals surface area contributed by atoms with Crippen LogP contribution >= 0.6 is 0 Å². The van der Waals surface area contributed by atoms with E-state index in [1.165, 1.54) is 18.2 Å². The average Bonchev–Trinajstić information content (AvgIpc) is 3.06. The molecule has 2 rings (SSSR count). The average molecular weight is 222 g/mol. The van der Waals surface area contributed by atoms with Gasteiger partial charge in [0.1, 0.15) is 5.82 Å². The topological polar surface area (TPSA) is 55.1 Å². The van der Waals surface area contributed by atoms with Gasteiger partial charge in [-0.25, -0.2) is 4.39 Å². The lowest BCUT2D eigenvalue weighted by molar-refractivity contribution is -0.119. The van der Waals surface area contributed by atoms with Crippen LogP contribution in [0.4, 0.5) is 15.8 Å². The summed E-state index contributed by atoms with van der Waals surface area (Å²) in [6.07, 6.45) is 2.25. The summed E-state index contributed by atoms with van der Waals surface area (Å²) in [5.41, 5.74) is 6.02. The highest BCUT2D eigenvalue weighted by Gasteiger charge is 2.32. The second-order valence-electron chi connectivity index (χ2n) is 4.35. The lowest BCUT2D eigenvalue weighted by Gasteiger charge is -2.11. The molecule has 3 nitrogen and oxygen atoms in total. The van der Waals surface area contributed by atoms with Gasteiger partial charge in [0.05, 0.1) is 5.69 Å². The third-order valence-corrected chi connectivity index (χ3v) is 3.01. The summed E-state index contributed by atoms with van der Waals surface area (Å²) >= 11 is 0. The summed E-state index contributed by atoms with van der Waals surface area (Å²) in [6.45, 7) is 1.92. The molecule has 1 atom stereocenters. The van der Waals surface area contributed by atoms with Crippen molar-refractivity contribution in [3.8, 4) is 0 Å². The number of hydrogen-bond acceptors (Lipinski definition) is 2. The van der Waals surface area contributed by atoms with E-state index >= 15 is 0 Å². The molecule has 0 saturated heterocycles. The maximum absolute atomic E-state index is 12.9. The van der Waals surface area contributed by atoms with Gasteiger partial charge in [0.25, 0.3) is 0 Å². The number of carbonyl (C=O) groups is 1. The lowest BCUT2D eigenvalue weighted by Crippen LogP contribution is -2.21. The van der Waals surface area contributed by atoms with Crippen LogP contribution in [0.3, 0.4) is 0 Å². The van der Waals surface area contributed by atoms with E-state index in [4.69, 9.17) is 5.73 Å². The minimum absolute atomic E-state index is 0.0197. The summed E-state index contributed by atoms with van der Waals surface area (Å²) in [5.74, 6) is 0.0471. The Hall–Kier alpha value is -1.58. The van der Waals surface area contributed by atoms with Gasteiger partial charge in [0, 0.05) is 11.6 Å². The quantitative estimate of drug-likeness (QED) is 0.771. The van der Waals surface area contributed by atoms with Crippen LogP contribution < -0.4 is 11.1 Å². The molecule has 1 aliphatic rings. The number of nitrogens with two attached hydrogens (primary N) is 1. The Balaban J connectivity index is 2.02. The van der Waals surface area contributed by atoms with Crippen molar-refractivity contribution in [2.45, 2.75) is 19.8 Å². The first-order valence-corrected chi connectivity index (χ1v) is 5.44. The fourth-order valence-electron chi connectivity index (χ4n) is 1.69. The van der Waals surface area contributed by atoms with Crippen molar-refractivity contribution in [1.29, 1.82) is 0 Å². The minimum atomic E-state index is -0.465. The molecule has 0 heterocycles. The van der Waals surface area contributed by atoms with Gasteiger partial charge in [0.2, 0.25) is 5.91 Å². The first-order chi connectivity index (χ1) is 7.58. The van der Waals surface area contributed by atoms with Gasteiger partial charge in [-0.05, 0) is 37.0 Å². The summed E-state index contributed by atoms with van der Waals surface area (Å²) < 4.78 is 12.9. The number of carbonyl (C=O) groups excluding carboxylic acids is 1. The fourth-order valence-corrected chi connectivity index (χ4v) is 1.69. The second kappa shape index (κ2) is 4.12. The molecule has 1 aromatic carbocycles. The number of halogens is 1. The van der Waals surface area contributed by atoms with E-state index in [0.29, 0.717) is 11.6 Å². The predicted octanol–water partition coefficient (Wildman–Crippen LogP) is 2.39. The van der Waals surface area contributed by atoms with Crippen LogP contribution in [0.5, 0.6) is 0 Å². The van der Waals surface area contributed by atoms with E-state index in [1.807, 2.05) is 6.92 Å². The SMILES string of the molecule is CC(C(=O)Nc1ccc(F)c(N)c1)C1CC1. The predicted molar refractivity (Wildman–Crippen MR) is 61.3 cm³/mol. The number of hydrogen-bond donors (Lipinski definition) is 2. The summed E-state index contributed by atoms with van der Waals surface area (Å²) in [4.78, 5) is 11.7. The van der Waals surface area contributed by atoms with Crippen molar-refractivity contribution >= 4 is 17.3 Å². The van der Waals surface area contributed by atoms with Crippen LogP contribution in [0.2, 0.25) is 0 Å². The molecular formula is C12H15FN2O. The summed E-state index contributed by atoms with van der Waals surface area (Å²) in [7, 11) is 0. The van der Waals surface area contributed by atoms with Crippen LogP contribution in [0.1, 0.15) is 19.8 Å². The zero-order chi connectivity index (χ0) is 11.7. The fraction of sp³-hybridized carbons (Fsp3) is 0.417. The number of amides is 1. The Morgan fingerprint density at radius 1 is 1.56 bits per heavy atom. The van der Waals surface area contributed by atoms with Gasteiger partial charge < -0.3 is 11.1 Å². The van der Waals surface area contributed by atoms with Crippen molar-refractivity contribution in [1.82, 2.24) is 0 Å². The smallest absolute Gasteiger partial charge is 0.227 e. The maximum atomic E-state index is 12.9. The molecule has 0 spiro atoms. The molecule has 0 bridgehead atoms. The lowest BCUT2D eigenvalue weighted by atomic mass is 10.1. The molecule has 4 heteroatoms. The molecular weight excluding hydrogens is 207 g/mol. The largest absolute Gasteiger partial charge is 0.396 e. The summed E-state index contributed by atoms with van der Waals surface area (Å²) in [6, 6.07) is 4.21. The van der Waals surface area contributed by atoms with Crippen molar-refractivity contribution in [2.75, 3.05) is 11.1 Å². The number of nitrogen functional groups attached to an aromatic ring is 1. The Labute approximate surface area is 93.8 Å². The van der Waals surface area contributed by atoms with E-state index in [1.54, 1.807) is 0 Å². The normalized spacial score (nSPS) is 16.9. The zero-order valence-electron chi connectivity index (χ0n) is 9.16. The molecule has 86 valence electrons.